The van der Waals surface area contributed by atoms with E-state index >= 15 is 0 Å². The van der Waals surface area contributed by atoms with Gasteiger partial charge in [0.15, 0.2) is 0 Å². The maximum absolute atomic E-state index is 12.4. The van der Waals surface area contributed by atoms with Crippen molar-refractivity contribution in [2.24, 2.45) is 11.1 Å². The fourth-order valence-corrected chi connectivity index (χ4v) is 3.54. The lowest BCUT2D eigenvalue weighted by atomic mass is 9.71. The first-order valence-electron chi connectivity index (χ1n) is 8.61. The van der Waals surface area contributed by atoms with Crippen LogP contribution in [0.5, 0.6) is 0 Å². The number of carbonyl (C=O) groups is 1. The lowest BCUT2D eigenvalue weighted by molar-refractivity contribution is -0.124. The summed E-state index contributed by atoms with van der Waals surface area (Å²) in [6, 6.07) is 3.85. The van der Waals surface area contributed by atoms with Gasteiger partial charge in [0.05, 0.1) is 0 Å². The number of nitrogens with zero attached hydrogens (tertiary/aromatic N) is 3. The number of hydrogen-bond donors (Lipinski definition) is 2. The van der Waals surface area contributed by atoms with E-state index in [2.05, 4.69) is 15.3 Å². The van der Waals surface area contributed by atoms with Crippen LogP contribution in [-0.2, 0) is 11.3 Å². The molecule has 0 saturated heterocycles. The Balaban J connectivity index is 1.63. The zero-order valence-electron chi connectivity index (χ0n) is 13.9. The lowest BCUT2D eigenvalue weighted by Gasteiger charge is -2.35. The normalized spacial score (nSPS) is 16.7. The molecule has 0 unspecified atom stereocenters. The van der Waals surface area contributed by atoms with Crippen LogP contribution >= 0.6 is 0 Å². The average Bonchev–Trinajstić information content (AvgIpc) is 3.15. The van der Waals surface area contributed by atoms with Crippen molar-refractivity contribution in [1.82, 2.24) is 19.9 Å². The van der Waals surface area contributed by atoms with E-state index in [4.69, 9.17) is 5.73 Å². The molecule has 1 fully saturated rings. The first-order valence-corrected chi connectivity index (χ1v) is 8.61. The number of pyridine rings is 1. The number of rotatable bonds is 6. The van der Waals surface area contributed by atoms with E-state index in [-0.39, 0.29) is 11.3 Å². The highest BCUT2D eigenvalue weighted by Gasteiger charge is 2.32. The van der Waals surface area contributed by atoms with Gasteiger partial charge in [-0.1, -0.05) is 25.3 Å². The number of amides is 1. The van der Waals surface area contributed by atoms with Crippen molar-refractivity contribution in [3.8, 4) is 5.82 Å². The summed E-state index contributed by atoms with van der Waals surface area (Å²) in [5.41, 5.74) is 6.94. The number of nitrogens with two attached hydrogens (primary N) is 1. The van der Waals surface area contributed by atoms with E-state index in [1.54, 1.807) is 18.7 Å². The lowest BCUT2D eigenvalue weighted by Crippen LogP contribution is -2.38. The molecule has 3 rings (SSSR count). The average molecular weight is 327 g/mol. The summed E-state index contributed by atoms with van der Waals surface area (Å²) in [5.74, 6) is 0.865. The fourth-order valence-electron chi connectivity index (χ4n) is 3.54. The summed E-state index contributed by atoms with van der Waals surface area (Å²) in [7, 11) is 0. The van der Waals surface area contributed by atoms with Crippen molar-refractivity contribution in [2.45, 2.75) is 45.1 Å². The molecule has 6 heteroatoms. The molecule has 0 aliphatic heterocycles. The third-order valence-electron chi connectivity index (χ3n) is 4.98. The van der Waals surface area contributed by atoms with Gasteiger partial charge in [0.25, 0.3) is 0 Å². The Morgan fingerprint density at radius 2 is 2.12 bits per heavy atom. The molecule has 24 heavy (non-hydrogen) atoms. The Labute approximate surface area is 142 Å². The zero-order chi connectivity index (χ0) is 16.8. The highest BCUT2D eigenvalue weighted by atomic mass is 16.1. The molecule has 1 aliphatic rings. The van der Waals surface area contributed by atoms with Crippen LogP contribution in [0.25, 0.3) is 5.82 Å². The summed E-state index contributed by atoms with van der Waals surface area (Å²) in [4.78, 5) is 20.9. The highest BCUT2D eigenvalue weighted by molar-refractivity contribution is 5.76. The number of imidazole rings is 1. The molecule has 3 N–H and O–H groups in total. The highest BCUT2D eigenvalue weighted by Crippen LogP contribution is 2.38. The Bertz CT molecular complexity index is 662. The fraction of sp³-hybridized carbons (Fsp3) is 0.500. The van der Waals surface area contributed by atoms with Crippen LogP contribution in [0.1, 0.15) is 44.1 Å². The predicted octanol–water partition coefficient (Wildman–Crippen LogP) is 2.18. The summed E-state index contributed by atoms with van der Waals surface area (Å²) < 4.78 is 1.85. The maximum Gasteiger partial charge on any atom is 0.220 e. The minimum Gasteiger partial charge on any atom is -0.352 e. The quantitative estimate of drug-likeness (QED) is 0.851. The second-order valence-corrected chi connectivity index (χ2v) is 6.67. The predicted molar refractivity (Wildman–Crippen MR) is 92.4 cm³/mol. The van der Waals surface area contributed by atoms with Crippen molar-refractivity contribution in [2.75, 3.05) is 6.54 Å². The molecule has 1 saturated carbocycles. The molecule has 0 radical (unpaired) electrons. The second-order valence-electron chi connectivity index (χ2n) is 6.67. The SMILES string of the molecule is NCC1(CC(=O)NCc2cccnc2-n2ccnc2)CCCCC1. The van der Waals surface area contributed by atoms with Crippen LogP contribution in [0.15, 0.2) is 37.1 Å². The van der Waals surface area contributed by atoms with Crippen molar-refractivity contribution < 1.29 is 4.79 Å². The minimum atomic E-state index is -0.00948. The standard InChI is InChI=1S/C18H25N5O/c19-13-18(6-2-1-3-7-18)11-16(24)22-12-15-5-4-8-21-17(15)23-10-9-20-14-23/h4-5,8-10,14H,1-3,6-7,11-13,19H2,(H,22,24). The van der Waals surface area contributed by atoms with Crippen LogP contribution in [0, 0.1) is 5.41 Å². The summed E-state index contributed by atoms with van der Waals surface area (Å²) in [6.07, 6.45) is 13.3. The number of aromatic nitrogens is 3. The van der Waals surface area contributed by atoms with E-state index in [1.807, 2.05) is 22.9 Å². The van der Waals surface area contributed by atoms with Gasteiger partial charge in [0.1, 0.15) is 12.1 Å². The molecule has 0 spiro atoms. The van der Waals surface area contributed by atoms with Crippen LogP contribution < -0.4 is 11.1 Å². The molecular formula is C18H25N5O. The molecule has 2 aromatic heterocycles. The number of hydrogen-bond acceptors (Lipinski definition) is 4. The van der Waals surface area contributed by atoms with Gasteiger partial charge in [-0.05, 0) is 30.9 Å². The van der Waals surface area contributed by atoms with Crippen LogP contribution in [0.3, 0.4) is 0 Å². The van der Waals surface area contributed by atoms with Crippen molar-refractivity contribution in [3.63, 3.8) is 0 Å². The van der Waals surface area contributed by atoms with Gasteiger partial charge in [-0.25, -0.2) is 9.97 Å². The monoisotopic (exact) mass is 327 g/mol. The van der Waals surface area contributed by atoms with Crippen molar-refractivity contribution in [3.05, 3.63) is 42.6 Å². The Morgan fingerprint density at radius 3 is 2.83 bits per heavy atom. The van der Waals surface area contributed by atoms with E-state index < -0.39 is 0 Å². The van der Waals surface area contributed by atoms with E-state index in [0.717, 1.165) is 24.2 Å². The largest absolute Gasteiger partial charge is 0.352 e. The molecular weight excluding hydrogens is 302 g/mol. The van der Waals surface area contributed by atoms with Crippen molar-refractivity contribution >= 4 is 5.91 Å². The molecule has 6 nitrogen and oxygen atoms in total. The Kier molecular flexibility index (Phi) is 5.25. The van der Waals surface area contributed by atoms with Crippen LogP contribution in [-0.4, -0.2) is 27.0 Å². The van der Waals surface area contributed by atoms with Gasteiger partial charge in [0.2, 0.25) is 5.91 Å². The summed E-state index contributed by atoms with van der Waals surface area (Å²) in [5, 5.41) is 3.04. The van der Waals surface area contributed by atoms with Gasteiger partial charge in [-0.15, -0.1) is 0 Å². The van der Waals surface area contributed by atoms with E-state index in [1.165, 1.54) is 19.3 Å². The molecule has 128 valence electrons. The smallest absolute Gasteiger partial charge is 0.220 e. The topological polar surface area (TPSA) is 85.8 Å². The zero-order valence-corrected chi connectivity index (χ0v) is 13.9. The molecule has 1 aliphatic carbocycles. The van der Waals surface area contributed by atoms with Gasteiger partial charge >= 0.3 is 0 Å². The first-order chi connectivity index (χ1) is 11.7. The molecule has 0 aromatic carbocycles. The third kappa shape index (κ3) is 3.82. The third-order valence-corrected chi connectivity index (χ3v) is 4.98. The maximum atomic E-state index is 12.4. The Morgan fingerprint density at radius 1 is 1.29 bits per heavy atom. The van der Waals surface area contributed by atoms with Gasteiger partial charge < -0.3 is 11.1 Å². The van der Waals surface area contributed by atoms with Gasteiger partial charge in [-0.3, -0.25) is 9.36 Å². The number of nitrogens with one attached hydrogen (secondary N) is 1. The first kappa shape index (κ1) is 16.6. The molecule has 0 bridgehead atoms. The molecule has 1 amide bonds. The summed E-state index contributed by atoms with van der Waals surface area (Å²) in [6.45, 7) is 1.05. The van der Waals surface area contributed by atoms with E-state index in [0.29, 0.717) is 19.5 Å². The van der Waals surface area contributed by atoms with Crippen LogP contribution in [0.2, 0.25) is 0 Å². The number of carbonyl (C=O) groups excluding carboxylic acids is 1. The Hall–Kier alpha value is -2.21. The van der Waals surface area contributed by atoms with Gasteiger partial charge in [-0.2, -0.15) is 0 Å². The minimum absolute atomic E-state index is 0.00948. The van der Waals surface area contributed by atoms with Crippen molar-refractivity contribution in [1.29, 1.82) is 0 Å². The van der Waals surface area contributed by atoms with E-state index in [9.17, 15) is 4.79 Å². The van der Waals surface area contributed by atoms with Crippen LogP contribution in [0.4, 0.5) is 0 Å². The second kappa shape index (κ2) is 7.57. The molecule has 2 aromatic rings. The summed E-state index contributed by atoms with van der Waals surface area (Å²) >= 11 is 0. The molecule has 0 atom stereocenters. The van der Waals surface area contributed by atoms with Gasteiger partial charge in [0, 0.05) is 37.1 Å². The molecule has 2 heterocycles.